The average Bonchev–Trinajstić information content (AvgIpc) is 2.96. The number of alkyl halides is 2. The molecule has 1 aliphatic rings. The Bertz CT molecular complexity index is 721. The molecule has 0 radical (unpaired) electrons. The Morgan fingerprint density at radius 3 is 2.62 bits per heavy atom. The van der Waals surface area contributed by atoms with Crippen LogP contribution in [0.4, 0.5) is 8.78 Å². The second kappa shape index (κ2) is 8.16. The predicted octanol–water partition coefficient (Wildman–Crippen LogP) is 4.09. The first-order valence-corrected chi connectivity index (χ1v) is 9.16. The Balaban J connectivity index is 1.64. The number of hydrogen-bond donors (Lipinski definition) is 0. The van der Waals surface area contributed by atoms with Crippen molar-refractivity contribution in [3.8, 4) is 5.75 Å². The van der Waals surface area contributed by atoms with E-state index in [1.54, 1.807) is 0 Å². The van der Waals surface area contributed by atoms with Gasteiger partial charge in [-0.05, 0) is 55.8 Å². The largest absolute Gasteiger partial charge is 0.434 e. The Hall–Kier alpha value is -1.95. The Morgan fingerprint density at radius 1 is 1.27 bits per heavy atom. The third-order valence-corrected chi connectivity index (χ3v) is 5.13. The molecule has 0 N–H and O–H groups in total. The summed E-state index contributed by atoms with van der Waals surface area (Å²) in [7, 11) is 2.04. The zero-order chi connectivity index (χ0) is 18.7. The maximum atomic E-state index is 12.5. The van der Waals surface area contributed by atoms with Gasteiger partial charge in [-0.1, -0.05) is 12.1 Å². The van der Waals surface area contributed by atoms with Crippen LogP contribution in [0, 0.1) is 19.8 Å². The molecule has 1 aromatic heterocycles. The monoisotopic (exact) mass is 363 g/mol. The minimum Gasteiger partial charge on any atom is -0.434 e. The lowest BCUT2D eigenvalue weighted by molar-refractivity contribution is -0.0507. The van der Waals surface area contributed by atoms with Gasteiger partial charge < -0.3 is 9.30 Å². The minimum atomic E-state index is -2.78. The number of likely N-dealkylation sites (tertiary alicyclic amines) is 1. The number of aryl methyl sites for hydroxylation is 3. The van der Waals surface area contributed by atoms with Crippen LogP contribution in [0.25, 0.3) is 0 Å². The molecule has 1 aliphatic heterocycles. The summed E-state index contributed by atoms with van der Waals surface area (Å²) in [5.41, 5.74) is 2.68. The van der Waals surface area contributed by atoms with E-state index in [0.717, 1.165) is 48.6 Å². The zero-order valence-corrected chi connectivity index (χ0v) is 15.7. The highest BCUT2D eigenvalue weighted by Gasteiger charge is 2.22. The van der Waals surface area contributed by atoms with Gasteiger partial charge in [-0.3, -0.25) is 4.90 Å². The summed E-state index contributed by atoms with van der Waals surface area (Å²) in [6, 6.07) is 3.93. The van der Waals surface area contributed by atoms with Crippen molar-refractivity contribution in [1.29, 1.82) is 0 Å². The van der Waals surface area contributed by atoms with Crippen LogP contribution in [-0.2, 0) is 20.0 Å². The molecule has 2 heterocycles. The number of benzene rings is 1. The van der Waals surface area contributed by atoms with Crippen LogP contribution in [0.5, 0.6) is 5.75 Å². The molecule has 0 spiro atoms. The highest BCUT2D eigenvalue weighted by Crippen LogP contribution is 2.28. The molecule has 6 heteroatoms. The van der Waals surface area contributed by atoms with E-state index in [2.05, 4.69) is 19.2 Å². The molecule has 1 atom stereocenters. The van der Waals surface area contributed by atoms with Crippen LogP contribution in [0.1, 0.15) is 35.4 Å². The van der Waals surface area contributed by atoms with Crippen molar-refractivity contribution >= 4 is 0 Å². The van der Waals surface area contributed by atoms with Crippen LogP contribution in [0.3, 0.4) is 0 Å². The molecule has 142 valence electrons. The van der Waals surface area contributed by atoms with Crippen molar-refractivity contribution in [3.05, 3.63) is 47.0 Å². The van der Waals surface area contributed by atoms with Gasteiger partial charge in [-0.25, -0.2) is 4.98 Å². The molecule has 1 fully saturated rings. The number of halogens is 2. The van der Waals surface area contributed by atoms with Gasteiger partial charge in [0.2, 0.25) is 0 Å². The summed E-state index contributed by atoms with van der Waals surface area (Å²) in [6.45, 7) is 3.83. The first-order chi connectivity index (χ1) is 12.4. The lowest BCUT2D eigenvalue weighted by atomic mass is 9.94. The Labute approximate surface area is 153 Å². The maximum absolute atomic E-state index is 12.5. The van der Waals surface area contributed by atoms with Crippen molar-refractivity contribution in [2.45, 2.75) is 46.3 Å². The van der Waals surface area contributed by atoms with Crippen molar-refractivity contribution < 1.29 is 13.5 Å². The second-order valence-corrected chi connectivity index (χ2v) is 7.34. The zero-order valence-electron chi connectivity index (χ0n) is 15.7. The van der Waals surface area contributed by atoms with E-state index in [0.29, 0.717) is 11.7 Å². The van der Waals surface area contributed by atoms with Crippen molar-refractivity contribution in [2.75, 3.05) is 13.1 Å². The van der Waals surface area contributed by atoms with Gasteiger partial charge in [0.05, 0.1) is 0 Å². The van der Waals surface area contributed by atoms with Gasteiger partial charge in [-0.2, -0.15) is 8.78 Å². The smallest absolute Gasteiger partial charge is 0.387 e. The van der Waals surface area contributed by atoms with Gasteiger partial charge in [0, 0.05) is 39.0 Å². The lowest BCUT2D eigenvalue weighted by Crippen LogP contribution is -2.36. The molecule has 1 saturated heterocycles. The number of imidazole rings is 1. The third kappa shape index (κ3) is 4.61. The van der Waals surface area contributed by atoms with E-state index < -0.39 is 6.61 Å². The molecule has 1 aromatic carbocycles. The first-order valence-electron chi connectivity index (χ1n) is 9.16. The van der Waals surface area contributed by atoms with Crippen LogP contribution in [0.2, 0.25) is 0 Å². The van der Waals surface area contributed by atoms with E-state index >= 15 is 0 Å². The fourth-order valence-electron chi connectivity index (χ4n) is 3.98. The van der Waals surface area contributed by atoms with E-state index in [1.807, 2.05) is 45.4 Å². The molecule has 0 unspecified atom stereocenters. The fourth-order valence-corrected chi connectivity index (χ4v) is 3.98. The topological polar surface area (TPSA) is 30.3 Å². The molecule has 0 amide bonds. The molecule has 2 aromatic rings. The number of rotatable bonds is 6. The second-order valence-electron chi connectivity index (χ2n) is 7.34. The lowest BCUT2D eigenvalue weighted by Gasteiger charge is -2.33. The highest BCUT2D eigenvalue weighted by atomic mass is 19.3. The highest BCUT2D eigenvalue weighted by molar-refractivity contribution is 5.43. The number of ether oxygens (including phenoxy) is 1. The van der Waals surface area contributed by atoms with Gasteiger partial charge in [0.1, 0.15) is 11.6 Å². The van der Waals surface area contributed by atoms with Gasteiger partial charge in [0.25, 0.3) is 0 Å². The van der Waals surface area contributed by atoms with Crippen molar-refractivity contribution in [1.82, 2.24) is 14.5 Å². The fraction of sp³-hybridized carbons (Fsp3) is 0.550. The number of hydrogen-bond acceptors (Lipinski definition) is 3. The van der Waals surface area contributed by atoms with Gasteiger partial charge in [-0.15, -0.1) is 0 Å². The molecule has 4 nitrogen and oxygen atoms in total. The maximum Gasteiger partial charge on any atom is 0.387 e. The van der Waals surface area contributed by atoms with Crippen LogP contribution in [-0.4, -0.2) is 34.2 Å². The molecule has 0 saturated carbocycles. The van der Waals surface area contributed by atoms with E-state index in [1.165, 1.54) is 12.8 Å². The summed E-state index contributed by atoms with van der Waals surface area (Å²) in [6.07, 6.45) is 7.25. The molecular formula is C20H27F2N3O. The average molecular weight is 363 g/mol. The van der Waals surface area contributed by atoms with Gasteiger partial charge in [0.15, 0.2) is 0 Å². The van der Waals surface area contributed by atoms with E-state index in [9.17, 15) is 8.78 Å². The summed E-state index contributed by atoms with van der Waals surface area (Å²) in [5, 5.41) is 0. The Morgan fingerprint density at radius 2 is 2.00 bits per heavy atom. The normalized spacial score (nSPS) is 18.5. The molecular weight excluding hydrogens is 336 g/mol. The number of piperidine rings is 1. The number of aromatic nitrogens is 2. The molecule has 0 bridgehead atoms. The van der Waals surface area contributed by atoms with Crippen LogP contribution < -0.4 is 4.74 Å². The minimum absolute atomic E-state index is 0.301. The summed E-state index contributed by atoms with van der Waals surface area (Å²) in [4.78, 5) is 6.90. The molecule has 26 heavy (non-hydrogen) atoms. The summed E-state index contributed by atoms with van der Waals surface area (Å²) < 4.78 is 31.8. The third-order valence-electron chi connectivity index (χ3n) is 5.13. The standard InChI is InChI=1S/C20H27F2N3O/c1-14-9-17(10-15(2)19(14)26-20(21)22)13-25-7-4-5-16(12-25)11-18-23-6-8-24(18)3/h6,8-10,16,20H,4-5,7,11-13H2,1-3H3/t16-/m0/s1. The quantitative estimate of drug-likeness (QED) is 0.774. The molecule has 3 rings (SSSR count). The SMILES string of the molecule is Cc1cc(CN2CCC[C@@H](Cc3nccn3C)C2)cc(C)c1OC(F)F. The summed E-state index contributed by atoms with van der Waals surface area (Å²) in [5.74, 6) is 2.04. The molecule has 0 aliphatic carbocycles. The Kier molecular flexibility index (Phi) is 5.91. The predicted molar refractivity (Wildman–Crippen MR) is 97.5 cm³/mol. The van der Waals surface area contributed by atoms with Crippen molar-refractivity contribution in [3.63, 3.8) is 0 Å². The van der Waals surface area contributed by atoms with Crippen LogP contribution in [0.15, 0.2) is 24.5 Å². The summed E-state index contributed by atoms with van der Waals surface area (Å²) >= 11 is 0. The number of nitrogens with zero attached hydrogens (tertiary/aromatic N) is 3. The van der Waals surface area contributed by atoms with Crippen molar-refractivity contribution in [2.24, 2.45) is 13.0 Å². The first kappa shape index (κ1) is 18.8. The van der Waals surface area contributed by atoms with Crippen LogP contribution >= 0.6 is 0 Å². The van der Waals surface area contributed by atoms with E-state index in [4.69, 9.17) is 0 Å². The van der Waals surface area contributed by atoms with Gasteiger partial charge >= 0.3 is 6.61 Å². The van der Waals surface area contributed by atoms with E-state index in [-0.39, 0.29) is 0 Å².